The molecule has 2 aromatic rings. The summed E-state index contributed by atoms with van der Waals surface area (Å²) in [6.45, 7) is 0. The minimum atomic E-state index is -0.445. The molecule has 3 nitrogen and oxygen atoms in total. The van der Waals surface area contributed by atoms with Gasteiger partial charge in [0.05, 0.1) is 5.56 Å². The van der Waals surface area contributed by atoms with Crippen molar-refractivity contribution in [3.8, 4) is 11.5 Å². The first-order valence-electron chi connectivity index (χ1n) is 3.62. The lowest BCUT2D eigenvalue weighted by molar-refractivity contribution is 0.427. The number of rotatable bonds is 1. The Morgan fingerprint density at radius 1 is 1.43 bits per heavy atom. The van der Waals surface area contributed by atoms with E-state index in [1.165, 1.54) is 6.07 Å². The first kappa shape index (κ1) is 9.61. The molecule has 1 heterocycles. The van der Waals surface area contributed by atoms with Crippen molar-refractivity contribution < 1.29 is 8.91 Å². The second-order valence-electron chi connectivity index (χ2n) is 2.47. The molecule has 0 saturated carbocycles. The van der Waals surface area contributed by atoms with Gasteiger partial charge < -0.3 is 4.52 Å². The van der Waals surface area contributed by atoms with Crippen molar-refractivity contribution in [2.75, 3.05) is 0 Å². The summed E-state index contributed by atoms with van der Waals surface area (Å²) in [5, 5.41) is 3.32. The predicted octanol–water partition coefficient (Wildman–Crippen LogP) is 3.29. The summed E-state index contributed by atoms with van der Waals surface area (Å²) in [5.41, 5.74) is 0.215. The van der Waals surface area contributed by atoms with Crippen molar-refractivity contribution in [3.63, 3.8) is 0 Å². The van der Waals surface area contributed by atoms with Crippen LogP contribution >= 0.6 is 27.5 Å². The van der Waals surface area contributed by atoms with Crippen molar-refractivity contribution in [2.45, 2.75) is 0 Å². The van der Waals surface area contributed by atoms with E-state index in [0.717, 1.165) is 0 Å². The van der Waals surface area contributed by atoms with Gasteiger partial charge in [0.1, 0.15) is 5.82 Å². The summed E-state index contributed by atoms with van der Waals surface area (Å²) >= 11 is 8.64. The highest BCUT2D eigenvalue weighted by molar-refractivity contribution is 9.10. The molecule has 0 radical (unpaired) electrons. The smallest absolute Gasteiger partial charge is 0.264 e. The molecule has 6 heteroatoms. The third-order valence-corrected chi connectivity index (χ3v) is 2.39. The fourth-order valence-corrected chi connectivity index (χ4v) is 1.63. The van der Waals surface area contributed by atoms with Crippen LogP contribution in [0.15, 0.2) is 27.2 Å². The minimum Gasteiger partial charge on any atom is -0.333 e. The highest BCUT2D eigenvalue weighted by Crippen LogP contribution is 2.29. The molecule has 1 aromatic heterocycles. The largest absolute Gasteiger partial charge is 0.333 e. The molecule has 1 aromatic carbocycles. The Morgan fingerprint density at radius 2 is 2.21 bits per heavy atom. The zero-order valence-corrected chi connectivity index (χ0v) is 9.01. The van der Waals surface area contributed by atoms with Crippen LogP contribution in [0.5, 0.6) is 0 Å². The zero-order chi connectivity index (χ0) is 10.1. The van der Waals surface area contributed by atoms with Gasteiger partial charge in [-0.05, 0) is 44.8 Å². The van der Waals surface area contributed by atoms with Crippen molar-refractivity contribution in [3.05, 3.63) is 33.8 Å². The fourth-order valence-electron chi connectivity index (χ4n) is 1.01. The molecule has 0 spiro atoms. The van der Waals surface area contributed by atoms with Gasteiger partial charge in [-0.2, -0.15) is 4.98 Å². The molecule has 2 rings (SSSR count). The number of halogens is 3. The number of nitrogens with zero attached hydrogens (tertiary/aromatic N) is 2. The van der Waals surface area contributed by atoms with Crippen LogP contribution in [-0.4, -0.2) is 10.1 Å². The second-order valence-corrected chi connectivity index (χ2v) is 3.66. The van der Waals surface area contributed by atoms with Crippen LogP contribution in [0, 0.1) is 5.82 Å². The van der Waals surface area contributed by atoms with Crippen molar-refractivity contribution in [1.29, 1.82) is 0 Å². The molecule has 0 amide bonds. The van der Waals surface area contributed by atoms with Crippen LogP contribution in [0.2, 0.25) is 5.28 Å². The SMILES string of the molecule is Fc1cccc(Br)c1-c1nc(Cl)no1. The van der Waals surface area contributed by atoms with Crippen LogP contribution in [0.3, 0.4) is 0 Å². The van der Waals surface area contributed by atoms with E-state index in [0.29, 0.717) is 4.47 Å². The van der Waals surface area contributed by atoms with Crippen molar-refractivity contribution >= 4 is 27.5 Å². The summed E-state index contributed by atoms with van der Waals surface area (Å²) in [7, 11) is 0. The van der Waals surface area contributed by atoms with Gasteiger partial charge in [-0.3, -0.25) is 0 Å². The van der Waals surface area contributed by atoms with Crippen LogP contribution in [0.1, 0.15) is 0 Å². The van der Waals surface area contributed by atoms with Gasteiger partial charge >= 0.3 is 0 Å². The van der Waals surface area contributed by atoms with E-state index in [9.17, 15) is 4.39 Å². The van der Waals surface area contributed by atoms with E-state index in [1.807, 2.05) is 0 Å². The third-order valence-electron chi connectivity index (χ3n) is 1.58. The number of benzene rings is 1. The molecule has 0 bridgehead atoms. The molecule has 0 atom stereocenters. The maximum Gasteiger partial charge on any atom is 0.264 e. The van der Waals surface area contributed by atoms with Gasteiger partial charge in [-0.1, -0.05) is 6.07 Å². The molecule has 0 unspecified atom stereocenters. The topological polar surface area (TPSA) is 38.9 Å². The Hall–Kier alpha value is -0.940. The van der Waals surface area contributed by atoms with E-state index in [1.54, 1.807) is 12.1 Å². The van der Waals surface area contributed by atoms with Crippen molar-refractivity contribution in [2.24, 2.45) is 0 Å². The lowest BCUT2D eigenvalue weighted by Gasteiger charge is -1.98. The average molecular weight is 277 g/mol. The first-order chi connectivity index (χ1) is 6.68. The monoisotopic (exact) mass is 276 g/mol. The van der Waals surface area contributed by atoms with Gasteiger partial charge in [0, 0.05) is 4.47 Å². The number of aromatic nitrogens is 2. The van der Waals surface area contributed by atoms with Gasteiger partial charge in [-0.15, -0.1) is 0 Å². The highest BCUT2D eigenvalue weighted by Gasteiger charge is 2.15. The number of hydrogen-bond acceptors (Lipinski definition) is 3. The molecule has 0 aliphatic carbocycles. The quantitative estimate of drug-likeness (QED) is 0.803. The van der Waals surface area contributed by atoms with Gasteiger partial charge in [0.2, 0.25) is 0 Å². The fraction of sp³-hybridized carbons (Fsp3) is 0. The van der Waals surface area contributed by atoms with Crippen LogP contribution in [0.4, 0.5) is 4.39 Å². The summed E-state index contributed by atoms with van der Waals surface area (Å²) in [6.07, 6.45) is 0. The van der Waals surface area contributed by atoms with Crippen LogP contribution in [-0.2, 0) is 0 Å². The van der Waals surface area contributed by atoms with E-state index >= 15 is 0 Å². The first-order valence-corrected chi connectivity index (χ1v) is 4.79. The van der Waals surface area contributed by atoms with E-state index < -0.39 is 5.82 Å². The Morgan fingerprint density at radius 3 is 2.79 bits per heavy atom. The van der Waals surface area contributed by atoms with Gasteiger partial charge in [0.15, 0.2) is 0 Å². The highest BCUT2D eigenvalue weighted by atomic mass is 79.9. The lowest BCUT2D eigenvalue weighted by atomic mass is 10.2. The molecular weight excluding hydrogens is 274 g/mol. The lowest BCUT2D eigenvalue weighted by Crippen LogP contribution is -1.85. The Balaban J connectivity index is 2.61. The minimum absolute atomic E-state index is 0.0462. The Kier molecular flexibility index (Phi) is 2.52. The zero-order valence-electron chi connectivity index (χ0n) is 6.67. The summed E-state index contributed by atoms with van der Waals surface area (Å²) in [4.78, 5) is 3.72. The molecule has 0 N–H and O–H groups in total. The molecule has 0 aliphatic rings. The van der Waals surface area contributed by atoms with Gasteiger partial charge in [-0.25, -0.2) is 4.39 Å². The summed E-state index contributed by atoms with van der Waals surface area (Å²) in [6, 6.07) is 4.55. The predicted molar refractivity (Wildman–Crippen MR) is 52.4 cm³/mol. The molecule has 0 fully saturated rings. The molecule has 14 heavy (non-hydrogen) atoms. The van der Waals surface area contributed by atoms with Crippen LogP contribution in [0.25, 0.3) is 11.5 Å². The Labute approximate surface area is 92.0 Å². The average Bonchev–Trinajstić information content (AvgIpc) is 2.51. The maximum absolute atomic E-state index is 13.3. The standard InChI is InChI=1S/C8H3BrClFN2O/c9-4-2-1-3-5(11)6(4)7-12-8(10)13-14-7/h1-3H. The second kappa shape index (κ2) is 3.67. The third kappa shape index (κ3) is 1.65. The summed E-state index contributed by atoms with van der Waals surface area (Å²) in [5.74, 6) is -0.389. The van der Waals surface area contributed by atoms with E-state index in [2.05, 4.69) is 26.1 Å². The van der Waals surface area contributed by atoms with Crippen LogP contribution < -0.4 is 0 Å². The van der Waals surface area contributed by atoms with E-state index in [-0.39, 0.29) is 16.7 Å². The summed E-state index contributed by atoms with van der Waals surface area (Å²) < 4.78 is 18.6. The normalized spacial score (nSPS) is 10.5. The molecule has 72 valence electrons. The molecular formula is C8H3BrClFN2O. The molecule has 0 aliphatic heterocycles. The maximum atomic E-state index is 13.3. The van der Waals surface area contributed by atoms with E-state index in [4.69, 9.17) is 16.1 Å². The van der Waals surface area contributed by atoms with Crippen molar-refractivity contribution in [1.82, 2.24) is 10.1 Å². The molecule has 0 saturated heterocycles. The number of hydrogen-bond donors (Lipinski definition) is 0. The Bertz CT molecular complexity index is 454. The van der Waals surface area contributed by atoms with Gasteiger partial charge in [0.25, 0.3) is 11.2 Å².